The fourth-order valence-corrected chi connectivity index (χ4v) is 3.21. The van der Waals surface area contributed by atoms with Gasteiger partial charge in [0.15, 0.2) is 5.69 Å². The number of hydrogen-bond acceptors (Lipinski definition) is 4. The summed E-state index contributed by atoms with van der Waals surface area (Å²) >= 11 is 5.95. The van der Waals surface area contributed by atoms with Gasteiger partial charge in [-0.3, -0.25) is 4.79 Å². The molecule has 0 fully saturated rings. The summed E-state index contributed by atoms with van der Waals surface area (Å²) in [5.74, 6) is -0.575. The van der Waals surface area contributed by atoms with Crippen LogP contribution in [0.25, 0.3) is 10.9 Å². The van der Waals surface area contributed by atoms with Crippen molar-refractivity contribution in [3.63, 3.8) is 0 Å². The number of nitrogen functional groups attached to an aromatic ring is 1. The van der Waals surface area contributed by atoms with Crippen molar-refractivity contribution in [2.45, 2.75) is 6.54 Å². The summed E-state index contributed by atoms with van der Waals surface area (Å²) in [6, 6.07) is 21.2. The van der Waals surface area contributed by atoms with Gasteiger partial charge in [-0.25, -0.2) is 0 Å². The van der Waals surface area contributed by atoms with Crippen LogP contribution in [0.1, 0.15) is 15.9 Å². The molecule has 4 aromatic rings. The molecule has 0 saturated carbocycles. The molecule has 144 valence electrons. The van der Waals surface area contributed by atoms with Crippen molar-refractivity contribution in [3.8, 4) is 5.88 Å². The number of nitrogens with zero attached hydrogens (tertiary/aromatic N) is 3. The molecule has 0 radical (unpaired) electrons. The first kappa shape index (κ1) is 18.7. The Hall–Kier alpha value is -3.64. The quantitative estimate of drug-likeness (QED) is 0.344. The lowest BCUT2D eigenvalue weighted by atomic mass is 10.2. The van der Waals surface area contributed by atoms with Gasteiger partial charge in [-0.05, 0) is 48.0 Å². The fraction of sp³-hybridized carbons (Fsp3) is 0.0455. The van der Waals surface area contributed by atoms with Gasteiger partial charge >= 0.3 is 0 Å². The van der Waals surface area contributed by atoms with Crippen molar-refractivity contribution in [1.29, 1.82) is 0 Å². The van der Waals surface area contributed by atoms with E-state index in [1.54, 1.807) is 41.0 Å². The highest BCUT2D eigenvalue weighted by atomic mass is 35.5. The first-order valence-corrected chi connectivity index (χ1v) is 9.27. The summed E-state index contributed by atoms with van der Waals surface area (Å²) in [5.41, 5.74) is 8.56. The zero-order valence-corrected chi connectivity index (χ0v) is 16.0. The molecule has 0 aliphatic heterocycles. The van der Waals surface area contributed by atoms with Crippen LogP contribution in [0.5, 0.6) is 5.88 Å². The Morgan fingerprint density at radius 1 is 1.00 bits per heavy atom. The summed E-state index contributed by atoms with van der Waals surface area (Å²) in [6.45, 7) is 0.422. The fourth-order valence-electron chi connectivity index (χ4n) is 3.08. The number of nitrogens with two attached hydrogens (primary N) is 1. The van der Waals surface area contributed by atoms with Crippen LogP contribution in [-0.2, 0) is 6.54 Å². The predicted octanol–water partition coefficient (Wildman–Crippen LogP) is 5.55. The Balaban J connectivity index is 1.71. The van der Waals surface area contributed by atoms with Crippen molar-refractivity contribution in [2.24, 2.45) is 10.2 Å². The second kappa shape index (κ2) is 7.77. The molecule has 1 amide bonds. The van der Waals surface area contributed by atoms with E-state index >= 15 is 0 Å². The van der Waals surface area contributed by atoms with Crippen molar-refractivity contribution in [2.75, 3.05) is 5.73 Å². The highest BCUT2D eigenvalue weighted by Gasteiger charge is 2.17. The van der Waals surface area contributed by atoms with E-state index < -0.39 is 5.91 Å². The van der Waals surface area contributed by atoms with E-state index in [4.69, 9.17) is 17.3 Å². The number of anilines is 1. The number of rotatable bonds is 4. The molecule has 0 unspecified atom stereocenters. The van der Waals surface area contributed by atoms with Crippen LogP contribution in [0.2, 0.25) is 5.02 Å². The Labute approximate surface area is 171 Å². The van der Waals surface area contributed by atoms with E-state index in [9.17, 15) is 9.90 Å². The molecule has 0 atom stereocenters. The number of hydrogen-bond donors (Lipinski definition) is 2. The Kier molecular flexibility index (Phi) is 5.01. The van der Waals surface area contributed by atoms with Gasteiger partial charge in [-0.15, -0.1) is 10.2 Å². The summed E-state index contributed by atoms with van der Waals surface area (Å²) < 4.78 is 1.72. The number of amides is 1. The molecule has 0 aliphatic carbocycles. The number of benzene rings is 3. The molecule has 0 bridgehead atoms. The minimum atomic E-state index is -0.515. The van der Waals surface area contributed by atoms with Gasteiger partial charge in [0.1, 0.15) is 0 Å². The number of halogens is 1. The molecule has 4 rings (SSSR count). The molecule has 6 nitrogen and oxygen atoms in total. The van der Waals surface area contributed by atoms with Gasteiger partial charge in [0.2, 0.25) is 5.88 Å². The third-order valence-electron chi connectivity index (χ3n) is 4.57. The Bertz CT molecular complexity index is 1210. The molecular formula is C22H17ClN4O2. The highest BCUT2D eigenvalue weighted by Crippen LogP contribution is 2.39. The summed E-state index contributed by atoms with van der Waals surface area (Å²) in [6.07, 6.45) is 0. The number of aromatic nitrogens is 1. The lowest BCUT2D eigenvalue weighted by Gasteiger charge is -2.07. The molecule has 0 aliphatic rings. The second-order valence-electron chi connectivity index (χ2n) is 6.53. The molecular weight excluding hydrogens is 388 g/mol. The standard InChI is InChI=1S/C22H17ClN4O2/c23-16-9-5-14(6-10-16)13-27-19-4-2-1-3-18(19)20(22(27)29)25-26-21(28)15-7-11-17(24)12-8-15/h1-12,29H,13,24H2. The lowest BCUT2D eigenvalue weighted by molar-refractivity contribution is 0.0995. The number of fused-ring (bicyclic) bond motifs is 1. The molecule has 1 aromatic heterocycles. The third-order valence-corrected chi connectivity index (χ3v) is 4.82. The number of carbonyl (C=O) groups excluding carboxylic acids is 1. The van der Waals surface area contributed by atoms with Gasteiger partial charge in [0.05, 0.1) is 12.1 Å². The molecule has 3 aromatic carbocycles. The Morgan fingerprint density at radius 2 is 1.69 bits per heavy atom. The largest absolute Gasteiger partial charge is 0.493 e. The van der Waals surface area contributed by atoms with Crippen LogP contribution in [0, 0.1) is 0 Å². The monoisotopic (exact) mass is 404 g/mol. The normalized spacial score (nSPS) is 11.3. The zero-order chi connectivity index (χ0) is 20.4. The van der Waals surface area contributed by atoms with Crippen molar-refractivity contribution in [3.05, 3.63) is 88.9 Å². The van der Waals surface area contributed by atoms with E-state index in [0.717, 1.165) is 11.1 Å². The number of para-hydroxylation sites is 1. The first-order valence-electron chi connectivity index (χ1n) is 8.89. The van der Waals surface area contributed by atoms with Crippen LogP contribution in [0.4, 0.5) is 11.4 Å². The molecule has 3 N–H and O–H groups in total. The van der Waals surface area contributed by atoms with Gasteiger partial charge in [-0.1, -0.05) is 41.9 Å². The van der Waals surface area contributed by atoms with E-state index in [1.807, 2.05) is 36.4 Å². The molecule has 0 spiro atoms. The average Bonchev–Trinajstić information content (AvgIpc) is 2.99. The van der Waals surface area contributed by atoms with Crippen LogP contribution in [0.15, 0.2) is 83.0 Å². The smallest absolute Gasteiger partial charge is 0.295 e. The molecule has 7 heteroatoms. The first-order chi connectivity index (χ1) is 14.0. The maximum atomic E-state index is 12.3. The summed E-state index contributed by atoms with van der Waals surface area (Å²) in [5, 5.41) is 20.0. The maximum absolute atomic E-state index is 12.3. The van der Waals surface area contributed by atoms with Gasteiger partial charge in [0.25, 0.3) is 5.91 Å². The summed E-state index contributed by atoms with van der Waals surface area (Å²) in [4.78, 5) is 12.3. The maximum Gasteiger partial charge on any atom is 0.295 e. The summed E-state index contributed by atoms with van der Waals surface area (Å²) in [7, 11) is 0. The van der Waals surface area contributed by atoms with Crippen LogP contribution >= 0.6 is 11.6 Å². The van der Waals surface area contributed by atoms with Crippen molar-refractivity contribution < 1.29 is 9.90 Å². The molecule has 29 heavy (non-hydrogen) atoms. The predicted molar refractivity (Wildman–Crippen MR) is 114 cm³/mol. The lowest BCUT2D eigenvalue weighted by Crippen LogP contribution is -1.98. The zero-order valence-electron chi connectivity index (χ0n) is 15.3. The molecule has 0 saturated heterocycles. The topological polar surface area (TPSA) is 93.0 Å². The third kappa shape index (κ3) is 3.83. The van der Waals surface area contributed by atoms with Crippen molar-refractivity contribution in [1.82, 2.24) is 4.57 Å². The highest BCUT2D eigenvalue weighted by molar-refractivity contribution is 6.30. The SMILES string of the molecule is Nc1ccc(C(=O)N=Nc2c(O)n(Cc3ccc(Cl)cc3)c3ccccc23)cc1. The molecule has 1 heterocycles. The minimum absolute atomic E-state index is 0.0602. The van der Waals surface area contributed by atoms with E-state index in [1.165, 1.54) is 0 Å². The van der Waals surface area contributed by atoms with Gasteiger partial charge < -0.3 is 15.4 Å². The Morgan fingerprint density at radius 3 is 2.41 bits per heavy atom. The second-order valence-corrected chi connectivity index (χ2v) is 6.97. The number of carbonyl (C=O) groups is 1. The van der Waals surface area contributed by atoms with E-state index in [0.29, 0.717) is 28.2 Å². The van der Waals surface area contributed by atoms with Gasteiger partial charge in [0, 0.05) is 21.7 Å². The van der Waals surface area contributed by atoms with Crippen LogP contribution in [0.3, 0.4) is 0 Å². The van der Waals surface area contributed by atoms with Crippen molar-refractivity contribution >= 4 is 39.8 Å². The average molecular weight is 405 g/mol. The van der Waals surface area contributed by atoms with Gasteiger partial charge in [-0.2, -0.15) is 0 Å². The van der Waals surface area contributed by atoms with E-state index in [-0.39, 0.29) is 11.6 Å². The number of azo groups is 1. The van der Waals surface area contributed by atoms with E-state index in [2.05, 4.69) is 10.2 Å². The van der Waals surface area contributed by atoms with Crippen LogP contribution < -0.4 is 5.73 Å². The van der Waals surface area contributed by atoms with Crippen LogP contribution in [-0.4, -0.2) is 15.6 Å². The minimum Gasteiger partial charge on any atom is -0.493 e. The number of aromatic hydroxyl groups is 1.